The van der Waals surface area contributed by atoms with Crippen molar-refractivity contribution in [3.05, 3.63) is 65.5 Å². The number of benzene rings is 2. The molecule has 28 heavy (non-hydrogen) atoms. The Balaban J connectivity index is 1.55. The summed E-state index contributed by atoms with van der Waals surface area (Å²) in [6.45, 7) is 5.17. The molecule has 1 aliphatic rings. The Morgan fingerprint density at radius 1 is 1.21 bits per heavy atom. The predicted molar refractivity (Wildman–Crippen MR) is 111 cm³/mol. The van der Waals surface area contributed by atoms with Crippen LogP contribution >= 0.6 is 0 Å². The molecule has 0 spiro atoms. The van der Waals surface area contributed by atoms with E-state index in [4.69, 9.17) is 5.26 Å². The third-order valence-electron chi connectivity index (χ3n) is 4.86. The van der Waals surface area contributed by atoms with Crippen molar-refractivity contribution >= 4 is 11.6 Å². The number of rotatable bonds is 5. The molecule has 0 saturated carbocycles. The molecule has 0 unspecified atom stereocenters. The average molecular weight is 379 g/mol. The Bertz CT molecular complexity index is 833. The van der Waals surface area contributed by atoms with Gasteiger partial charge in [-0.05, 0) is 55.7 Å². The van der Waals surface area contributed by atoms with Crippen molar-refractivity contribution in [2.45, 2.75) is 32.4 Å². The molecule has 0 atom stereocenters. The highest BCUT2D eigenvalue weighted by atomic mass is 19.1. The zero-order chi connectivity index (χ0) is 19.8. The van der Waals surface area contributed by atoms with Gasteiger partial charge in [-0.1, -0.05) is 18.2 Å². The number of nitrogens with one attached hydrogen (secondary N) is 2. The van der Waals surface area contributed by atoms with E-state index in [1.807, 2.05) is 37.3 Å². The molecule has 1 fully saturated rings. The lowest BCUT2D eigenvalue weighted by molar-refractivity contribution is 0.461. The van der Waals surface area contributed by atoms with E-state index >= 15 is 0 Å². The summed E-state index contributed by atoms with van der Waals surface area (Å²) in [4.78, 5) is 6.89. The van der Waals surface area contributed by atoms with Gasteiger partial charge in [0.25, 0.3) is 0 Å². The SMILES string of the molecule is CCNC(=NCc1ccc(C#N)cc1)NC1CCN(c2cccc(F)c2)CC1. The number of nitriles is 1. The van der Waals surface area contributed by atoms with Crippen molar-refractivity contribution in [3.63, 3.8) is 0 Å². The predicted octanol–water partition coefficient (Wildman–Crippen LogP) is 3.42. The number of piperidine rings is 1. The zero-order valence-corrected chi connectivity index (χ0v) is 16.2. The molecule has 0 radical (unpaired) electrons. The van der Waals surface area contributed by atoms with Crippen molar-refractivity contribution < 1.29 is 4.39 Å². The van der Waals surface area contributed by atoms with Crippen molar-refractivity contribution in [1.82, 2.24) is 10.6 Å². The van der Waals surface area contributed by atoms with Gasteiger partial charge in [-0.3, -0.25) is 0 Å². The van der Waals surface area contributed by atoms with E-state index in [-0.39, 0.29) is 5.82 Å². The Kier molecular flexibility index (Phi) is 6.85. The van der Waals surface area contributed by atoms with E-state index in [0.717, 1.165) is 49.7 Å². The summed E-state index contributed by atoms with van der Waals surface area (Å²) in [5, 5.41) is 15.7. The second-order valence-electron chi connectivity index (χ2n) is 6.89. The van der Waals surface area contributed by atoms with Crippen molar-refractivity contribution in [2.24, 2.45) is 4.99 Å². The maximum absolute atomic E-state index is 13.4. The highest BCUT2D eigenvalue weighted by Gasteiger charge is 2.20. The first-order chi connectivity index (χ1) is 13.7. The largest absolute Gasteiger partial charge is 0.371 e. The molecule has 146 valence electrons. The van der Waals surface area contributed by atoms with Crippen molar-refractivity contribution in [3.8, 4) is 6.07 Å². The van der Waals surface area contributed by atoms with E-state index in [1.54, 1.807) is 12.1 Å². The molecule has 2 aromatic rings. The summed E-state index contributed by atoms with van der Waals surface area (Å²) in [6, 6.07) is 16.7. The molecule has 0 amide bonds. The summed E-state index contributed by atoms with van der Waals surface area (Å²) >= 11 is 0. The van der Waals surface area contributed by atoms with E-state index in [9.17, 15) is 4.39 Å². The third kappa shape index (κ3) is 5.46. The highest BCUT2D eigenvalue weighted by Crippen LogP contribution is 2.20. The van der Waals surface area contributed by atoms with Gasteiger partial charge in [0.15, 0.2) is 5.96 Å². The first-order valence-corrected chi connectivity index (χ1v) is 9.72. The van der Waals surface area contributed by atoms with Crippen LogP contribution in [-0.4, -0.2) is 31.6 Å². The molecule has 5 nitrogen and oxygen atoms in total. The normalized spacial score (nSPS) is 15.2. The summed E-state index contributed by atoms with van der Waals surface area (Å²) in [5.74, 6) is 0.609. The summed E-state index contributed by atoms with van der Waals surface area (Å²) in [7, 11) is 0. The van der Waals surface area contributed by atoms with Crippen LogP contribution in [0, 0.1) is 17.1 Å². The van der Waals surface area contributed by atoms with Crippen LogP contribution in [-0.2, 0) is 6.54 Å². The van der Waals surface area contributed by atoms with Crippen molar-refractivity contribution in [1.29, 1.82) is 5.26 Å². The van der Waals surface area contributed by atoms with Crippen molar-refractivity contribution in [2.75, 3.05) is 24.5 Å². The van der Waals surface area contributed by atoms with Gasteiger partial charge in [0.1, 0.15) is 5.82 Å². The van der Waals surface area contributed by atoms with Gasteiger partial charge in [0, 0.05) is 31.4 Å². The van der Waals surface area contributed by atoms with Crippen LogP contribution < -0.4 is 15.5 Å². The molecule has 3 rings (SSSR count). The van der Waals surface area contributed by atoms with Gasteiger partial charge < -0.3 is 15.5 Å². The Hall–Kier alpha value is -3.07. The van der Waals surface area contributed by atoms with Gasteiger partial charge in [-0.15, -0.1) is 0 Å². The topological polar surface area (TPSA) is 63.5 Å². The lowest BCUT2D eigenvalue weighted by Gasteiger charge is -2.34. The Labute approximate surface area is 165 Å². The Morgan fingerprint density at radius 2 is 1.96 bits per heavy atom. The molecule has 2 N–H and O–H groups in total. The molecule has 0 aromatic heterocycles. The van der Waals surface area contributed by atoms with Gasteiger partial charge in [0.2, 0.25) is 0 Å². The number of halogens is 1. The van der Waals surface area contributed by atoms with Crippen LogP contribution in [0.1, 0.15) is 30.9 Å². The number of hydrogen-bond acceptors (Lipinski definition) is 3. The summed E-state index contributed by atoms with van der Waals surface area (Å²) < 4.78 is 13.4. The number of anilines is 1. The molecule has 0 bridgehead atoms. The quantitative estimate of drug-likeness (QED) is 0.617. The Morgan fingerprint density at radius 3 is 2.61 bits per heavy atom. The van der Waals surface area contributed by atoms with Crippen LogP contribution in [0.2, 0.25) is 0 Å². The fourth-order valence-electron chi connectivity index (χ4n) is 3.32. The molecular weight excluding hydrogens is 353 g/mol. The fraction of sp³-hybridized carbons (Fsp3) is 0.364. The van der Waals surface area contributed by atoms with Crippen LogP contribution in [0.15, 0.2) is 53.5 Å². The van der Waals surface area contributed by atoms with E-state index < -0.39 is 0 Å². The molecule has 1 saturated heterocycles. The minimum absolute atomic E-state index is 0.192. The smallest absolute Gasteiger partial charge is 0.191 e. The van der Waals surface area contributed by atoms with E-state index in [1.165, 1.54) is 6.07 Å². The number of guanidine groups is 1. The summed E-state index contributed by atoms with van der Waals surface area (Å²) in [6.07, 6.45) is 1.94. The van der Waals surface area contributed by atoms with Gasteiger partial charge in [0.05, 0.1) is 18.2 Å². The standard InChI is InChI=1S/C22H26FN5/c1-2-25-22(26-16-18-8-6-17(15-24)7-9-18)27-20-10-12-28(13-11-20)21-5-3-4-19(23)14-21/h3-9,14,20H,2,10-13,16H2,1H3,(H2,25,26,27). The van der Waals surface area contributed by atoms with Crippen LogP contribution in [0.5, 0.6) is 0 Å². The van der Waals surface area contributed by atoms with Crippen LogP contribution in [0.4, 0.5) is 10.1 Å². The second kappa shape index (κ2) is 9.75. The number of aliphatic imine (C=N–C) groups is 1. The van der Waals surface area contributed by atoms with Crippen LogP contribution in [0.3, 0.4) is 0 Å². The first-order valence-electron chi connectivity index (χ1n) is 9.72. The lowest BCUT2D eigenvalue weighted by Crippen LogP contribution is -2.48. The maximum atomic E-state index is 13.4. The third-order valence-corrected chi connectivity index (χ3v) is 4.86. The highest BCUT2D eigenvalue weighted by molar-refractivity contribution is 5.80. The first kappa shape index (κ1) is 19.7. The minimum Gasteiger partial charge on any atom is -0.371 e. The molecule has 2 aromatic carbocycles. The summed E-state index contributed by atoms with van der Waals surface area (Å²) in [5.41, 5.74) is 2.67. The minimum atomic E-state index is -0.192. The number of nitrogens with zero attached hydrogens (tertiary/aromatic N) is 3. The molecular formula is C22H26FN5. The van der Waals surface area contributed by atoms with Gasteiger partial charge >= 0.3 is 0 Å². The second-order valence-corrected chi connectivity index (χ2v) is 6.89. The van der Waals surface area contributed by atoms with E-state index in [2.05, 4.69) is 26.6 Å². The monoisotopic (exact) mass is 379 g/mol. The average Bonchev–Trinajstić information content (AvgIpc) is 2.73. The van der Waals surface area contributed by atoms with E-state index in [0.29, 0.717) is 18.2 Å². The van der Waals surface area contributed by atoms with Gasteiger partial charge in [-0.2, -0.15) is 5.26 Å². The number of hydrogen-bond donors (Lipinski definition) is 2. The maximum Gasteiger partial charge on any atom is 0.191 e. The van der Waals surface area contributed by atoms with Crippen LogP contribution in [0.25, 0.3) is 0 Å². The zero-order valence-electron chi connectivity index (χ0n) is 16.2. The molecule has 6 heteroatoms. The molecule has 1 heterocycles. The van der Waals surface area contributed by atoms with Gasteiger partial charge in [-0.25, -0.2) is 9.38 Å². The lowest BCUT2D eigenvalue weighted by atomic mass is 10.0. The molecule has 1 aliphatic heterocycles. The molecule has 0 aliphatic carbocycles. The fourth-order valence-corrected chi connectivity index (χ4v) is 3.32.